The maximum atomic E-state index is 13.3. The van der Waals surface area contributed by atoms with Crippen LogP contribution in [0.1, 0.15) is 81.2 Å². The number of benzene rings is 1. The van der Waals surface area contributed by atoms with Crippen molar-refractivity contribution in [3.63, 3.8) is 0 Å². The molecule has 1 aromatic heterocycles. The van der Waals surface area contributed by atoms with Gasteiger partial charge in [-0.1, -0.05) is 18.6 Å². The number of sulfonamides is 1. The number of carboxylic acids is 1. The minimum absolute atomic E-state index is 0.0314. The molecule has 1 unspecified atom stereocenters. The number of aliphatic carboxylic acids is 1. The zero-order chi connectivity index (χ0) is 30.1. The molecule has 0 spiro atoms. The summed E-state index contributed by atoms with van der Waals surface area (Å²) in [6, 6.07) is 1.73. The zero-order valence-electron chi connectivity index (χ0n) is 25.3. The van der Waals surface area contributed by atoms with Crippen molar-refractivity contribution in [2.45, 2.75) is 85.0 Å². The van der Waals surface area contributed by atoms with Crippen LogP contribution in [-0.4, -0.2) is 56.5 Å². The Labute approximate surface area is 244 Å². The average molecular weight is 586 g/mol. The lowest BCUT2D eigenvalue weighted by atomic mass is 9.85. The zero-order valence-corrected chi connectivity index (χ0v) is 26.1. The SMILES string of the molecule is COc1ccnc2c1CN(S(C)(=O)=O)c1c(C)c(C(OC(C)(C)C)C(=O)O)c(N3CC/C=C\CCCCC3)c(C)c1-2. The summed E-state index contributed by atoms with van der Waals surface area (Å²) >= 11 is 0. The van der Waals surface area contributed by atoms with Gasteiger partial charge in [-0.25, -0.2) is 13.2 Å². The highest BCUT2D eigenvalue weighted by Gasteiger charge is 2.40. The van der Waals surface area contributed by atoms with Gasteiger partial charge in [0.05, 0.1) is 36.9 Å². The molecule has 10 heteroatoms. The summed E-state index contributed by atoms with van der Waals surface area (Å²) in [5.74, 6) is -0.563. The Kier molecular flexibility index (Phi) is 9.04. The highest BCUT2D eigenvalue weighted by molar-refractivity contribution is 7.92. The molecule has 0 amide bonds. The van der Waals surface area contributed by atoms with E-state index in [2.05, 4.69) is 17.1 Å². The molecule has 9 nitrogen and oxygen atoms in total. The second-order valence-electron chi connectivity index (χ2n) is 11.9. The largest absolute Gasteiger partial charge is 0.496 e. The lowest BCUT2D eigenvalue weighted by molar-refractivity contribution is -0.160. The Bertz CT molecular complexity index is 1440. The van der Waals surface area contributed by atoms with Crippen molar-refractivity contribution in [3.8, 4) is 17.0 Å². The summed E-state index contributed by atoms with van der Waals surface area (Å²) in [6.07, 6.45) is 10.9. The summed E-state index contributed by atoms with van der Waals surface area (Å²) in [7, 11) is -2.20. The molecule has 1 aromatic carbocycles. The summed E-state index contributed by atoms with van der Waals surface area (Å²) < 4.78 is 39.8. The van der Waals surface area contributed by atoms with E-state index in [-0.39, 0.29) is 6.54 Å². The molecule has 0 bridgehead atoms. The Morgan fingerprint density at radius 3 is 2.39 bits per heavy atom. The van der Waals surface area contributed by atoms with Crippen LogP contribution in [0.3, 0.4) is 0 Å². The molecule has 2 aliphatic heterocycles. The van der Waals surface area contributed by atoms with Gasteiger partial charge in [-0.3, -0.25) is 9.29 Å². The predicted molar refractivity (Wildman–Crippen MR) is 162 cm³/mol. The average Bonchev–Trinajstić information content (AvgIpc) is 2.90. The number of ether oxygens (including phenoxy) is 2. The van der Waals surface area contributed by atoms with Gasteiger partial charge in [0.2, 0.25) is 10.0 Å². The van der Waals surface area contributed by atoms with Crippen LogP contribution < -0.4 is 13.9 Å². The van der Waals surface area contributed by atoms with Crippen molar-refractivity contribution in [3.05, 3.63) is 46.7 Å². The highest BCUT2D eigenvalue weighted by Crippen LogP contribution is 2.52. The normalized spacial score (nSPS) is 17.8. The fourth-order valence-corrected chi connectivity index (χ4v) is 6.91. The summed E-state index contributed by atoms with van der Waals surface area (Å²) in [4.78, 5) is 19.9. The molecule has 0 saturated carbocycles. The van der Waals surface area contributed by atoms with E-state index in [0.717, 1.165) is 49.9 Å². The molecule has 0 radical (unpaired) electrons. The van der Waals surface area contributed by atoms with Crippen LogP contribution in [0.25, 0.3) is 11.3 Å². The molecule has 1 N–H and O–H groups in total. The molecule has 3 heterocycles. The molecule has 41 heavy (non-hydrogen) atoms. The molecule has 1 atom stereocenters. The van der Waals surface area contributed by atoms with Crippen molar-refractivity contribution in [2.24, 2.45) is 0 Å². The van der Waals surface area contributed by atoms with Crippen LogP contribution in [0.4, 0.5) is 11.4 Å². The van der Waals surface area contributed by atoms with Gasteiger partial charge < -0.3 is 19.5 Å². The molecule has 0 aliphatic carbocycles. The van der Waals surface area contributed by atoms with E-state index in [9.17, 15) is 18.3 Å². The molecule has 0 fully saturated rings. The Balaban J connectivity index is 2.13. The lowest BCUT2D eigenvalue weighted by Gasteiger charge is -2.39. The molecular weight excluding hydrogens is 542 g/mol. The number of rotatable bonds is 6. The fraction of sp³-hybridized carbons (Fsp3) is 0.548. The van der Waals surface area contributed by atoms with Crippen molar-refractivity contribution < 1.29 is 27.8 Å². The first kappa shape index (κ1) is 30.8. The van der Waals surface area contributed by atoms with Crippen LogP contribution >= 0.6 is 0 Å². The van der Waals surface area contributed by atoms with Crippen LogP contribution in [0.5, 0.6) is 5.75 Å². The van der Waals surface area contributed by atoms with Crippen molar-refractivity contribution in [1.29, 1.82) is 0 Å². The van der Waals surface area contributed by atoms with Gasteiger partial charge in [0.1, 0.15) is 5.75 Å². The van der Waals surface area contributed by atoms with Crippen LogP contribution in [0, 0.1) is 13.8 Å². The topological polar surface area (TPSA) is 109 Å². The van der Waals surface area contributed by atoms with Crippen molar-refractivity contribution >= 4 is 27.4 Å². The number of hydrogen-bond acceptors (Lipinski definition) is 7. The maximum Gasteiger partial charge on any atom is 0.337 e. The summed E-state index contributed by atoms with van der Waals surface area (Å²) in [6.45, 7) is 10.7. The van der Waals surface area contributed by atoms with E-state index in [1.807, 2.05) is 34.6 Å². The van der Waals surface area contributed by atoms with Gasteiger partial charge in [-0.05, 0) is 77.5 Å². The van der Waals surface area contributed by atoms with E-state index in [0.29, 0.717) is 45.9 Å². The minimum Gasteiger partial charge on any atom is -0.496 e. The Morgan fingerprint density at radius 1 is 1.05 bits per heavy atom. The number of pyridine rings is 1. The monoisotopic (exact) mass is 585 g/mol. The number of fused-ring (bicyclic) bond motifs is 3. The Hall–Kier alpha value is -3.11. The van der Waals surface area contributed by atoms with E-state index >= 15 is 0 Å². The molecular formula is C31H43N3O6S. The van der Waals surface area contributed by atoms with E-state index in [1.54, 1.807) is 19.4 Å². The van der Waals surface area contributed by atoms with E-state index in [4.69, 9.17) is 14.5 Å². The van der Waals surface area contributed by atoms with Crippen LogP contribution in [0.2, 0.25) is 0 Å². The van der Waals surface area contributed by atoms with Gasteiger partial charge in [0.15, 0.2) is 6.10 Å². The predicted octanol–water partition coefficient (Wildman–Crippen LogP) is 5.92. The number of nitrogens with zero attached hydrogens (tertiary/aromatic N) is 3. The van der Waals surface area contributed by atoms with E-state index < -0.39 is 27.7 Å². The fourth-order valence-electron chi connectivity index (χ4n) is 5.99. The second-order valence-corrected chi connectivity index (χ2v) is 13.8. The third kappa shape index (κ3) is 6.38. The minimum atomic E-state index is -3.76. The molecule has 0 saturated heterocycles. The van der Waals surface area contributed by atoms with Gasteiger partial charge in [-0.2, -0.15) is 0 Å². The number of hydrogen-bond donors (Lipinski definition) is 1. The first-order valence-electron chi connectivity index (χ1n) is 14.2. The third-order valence-corrected chi connectivity index (χ3v) is 8.82. The molecule has 2 aromatic rings. The quantitative estimate of drug-likeness (QED) is 0.416. The number of carbonyl (C=O) groups is 1. The highest BCUT2D eigenvalue weighted by atomic mass is 32.2. The first-order valence-corrected chi connectivity index (χ1v) is 16.1. The first-order chi connectivity index (χ1) is 19.3. The van der Waals surface area contributed by atoms with Crippen molar-refractivity contribution in [2.75, 3.05) is 35.7 Å². The second kappa shape index (κ2) is 12.0. The van der Waals surface area contributed by atoms with Gasteiger partial charge in [-0.15, -0.1) is 0 Å². The number of anilines is 2. The lowest BCUT2D eigenvalue weighted by Crippen LogP contribution is -2.37. The molecule has 224 valence electrons. The number of methoxy groups -OCH3 is 1. The number of allylic oxidation sites excluding steroid dienone is 1. The summed E-state index contributed by atoms with van der Waals surface area (Å²) in [5, 5.41) is 10.6. The van der Waals surface area contributed by atoms with Gasteiger partial charge in [0, 0.05) is 41.7 Å². The maximum absolute atomic E-state index is 13.3. The van der Waals surface area contributed by atoms with Gasteiger partial charge in [0.25, 0.3) is 0 Å². The van der Waals surface area contributed by atoms with Crippen molar-refractivity contribution in [1.82, 2.24) is 4.98 Å². The smallest absolute Gasteiger partial charge is 0.337 e. The van der Waals surface area contributed by atoms with E-state index in [1.165, 1.54) is 10.6 Å². The number of carboxylic acid groups (broad SMARTS) is 1. The molecule has 2 aliphatic rings. The van der Waals surface area contributed by atoms with Gasteiger partial charge >= 0.3 is 5.97 Å². The third-order valence-electron chi connectivity index (χ3n) is 7.71. The van der Waals surface area contributed by atoms with Crippen LogP contribution in [-0.2, 0) is 26.1 Å². The summed E-state index contributed by atoms with van der Waals surface area (Å²) in [5.41, 5.74) is 4.30. The van der Waals surface area contributed by atoms with Crippen LogP contribution in [0.15, 0.2) is 24.4 Å². The standard InChI is InChI=1S/C31H43N3O6S/c1-20-24-26-22(23(39-6)15-16-32-26)19-34(41(7,37)38)28(24)21(2)25(29(30(35)36)40-31(3,4)5)27(20)33-17-13-11-9-8-10-12-14-18-33/h9,11,15-16,29H,8,10,12-14,17-19H2,1-7H3,(H,35,36)/b11-9-. The Morgan fingerprint density at radius 2 is 1.76 bits per heavy atom. The molecule has 4 rings (SSSR count). The number of aromatic nitrogens is 1.